The predicted molar refractivity (Wildman–Crippen MR) is 67.7 cm³/mol. The fourth-order valence-electron chi connectivity index (χ4n) is 1.36. The van der Waals surface area contributed by atoms with Crippen molar-refractivity contribution in [2.24, 2.45) is 0 Å². The van der Waals surface area contributed by atoms with Crippen molar-refractivity contribution in [1.29, 1.82) is 0 Å². The van der Waals surface area contributed by atoms with E-state index in [0.29, 0.717) is 18.7 Å². The summed E-state index contributed by atoms with van der Waals surface area (Å²) < 4.78 is 36.1. The molecule has 2 rings (SSSR count). The SMILES string of the molecule is COCCNc1nc(-c2ccc(F)c(F)c2Br)no1. The van der Waals surface area contributed by atoms with Crippen molar-refractivity contribution in [3.63, 3.8) is 0 Å². The van der Waals surface area contributed by atoms with Crippen LogP contribution < -0.4 is 5.32 Å². The second-order valence-corrected chi connectivity index (χ2v) is 4.36. The summed E-state index contributed by atoms with van der Waals surface area (Å²) in [5, 5.41) is 6.52. The van der Waals surface area contributed by atoms with Crippen molar-refractivity contribution < 1.29 is 18.0 Å². The van der Waals surface area contributed by atoms with Crippen LogP contribution >= 0.6 is 15.9 Å². The summed E-state index contributed by atoms with van der Waals surface area (Å²) in [6.45, 7) is 0.976. The van der Waals surface area contributed by atoms with Gasteiger partial charge < -0.3 is 14.6 Å². The third kappa shape index (κ3) is 3.07. The summed E-state index contributed by atoms with van der Waals surface area (Å²) in [4.78, 5) is 4.02. The van der Waals surface area contributed by atoms with Gasteiger partial charge in [-0.1, -0.05) is 5.16 Å². The van der Waals surface area contributed by atoms with Crippen LogP contribution in [0.1, 0.15) is 0 Å². The van der Waals surface area contributed by atoms with Gasteiger partial charge in [0.25, 0.3) is 0 Å². The van der Waals surface area contributed by atoms with Crippen molar-refractivity contribution in [3.05, 3.63) is 28.2 Å². The first-order chi connectivity index (χ1) is 9.13. The zero-order valence-corrected chi connectivity index (χ0v) is 11.5. The van der Waals surface area contributed by atoms with Gasteiger partial charge in [-0.15, -0.1) is 0 Å². The highest BCUT2D eigenvalue weighted by atomic mass is 79.9. The lowest BCUT2D eigenvalue weighted by atomic mass is 10.2. The van der Waals surface area contributed by atoms with Gasteiger partial charge >= 0.3 is 6.01 Å². The largest absolute Gasteiger partial charge is 0.383 e. The highest BCUT2D eigenvalue weighted by Gasteiger charge is 2.16. The van der Waals surface area contributed by atoms with E-state index in [-0.39, 0.29) is 16.3 Å². The van der Waals surface area contributed by atoms with Gasteiger partial charge in [-0.25, -0.2) is 8.78 Å². The summed E-state index contributed by atoms with van der Waals surface area (Å²) in [5.74, 6) is -1.78. The number of methoxy groups -OCH3 is 1. The Kier molecular flexibility index (Phi) is 4.43. The van der Waals surface area contributed by atoms with E-state index in [1.807, 2.05) is 0 Å². The van der Waals surface area contributed by atoms with Crippen molar-refractivity contribution >= 4 is 21.9 Å². The standard InChI is InChI=1S/C11H10BrF2N3O2/c1-18-5-4-15-11-16-10(17-19-11)6-2-3-7(13)9(14)8(6)12/h2-3H,4-5H2,1H3,(H,15,16,17). The van der Waals surface area contributed by atoms with Crippen LogP contribution in [-0.2, 0) is 4.74 Å². The van der Waals surface area contributed by atoms with Gasteiger partial charge in [-0.05, 0) is 28.1 Å². The molecule has 0 unspecified atom stereocenters. The molecule has 0 saturated carbocycles. The molecule has 0 spiro atoms. The molecule has 19 heavy (non-hydrogen) atoms. The number of rotatable bonds is 5. The summed E-state index contributed by atoms with van der Waals surface area (Å²) in [5.41, 5.74) is 0.308. The number of nitrogens with one attached hydrogen (secondary N) is 1. The van der Waals surface area contributed by atoms with Crippen LogP contribution in [0.2, 0.25) is 0 Å². The topological polar surface area (TPSA) is 60.2 Å². The summed E-state index contributed by atoms with van der Waals surface area (Å²) in [7, 11) is 1.57. The quantitative estimate of drug-likeness (QED) is 0.673. The third-order valence-electron chi connectivity index (χ3n) is 2.28. The fourth-order valence-corrected chi connectivity index (χ4v) is 1.86. The van der Waals surface area contributed by atoms with Gasteiger partial charge in [0.1, 0.15) is 0 Å². The maximum atomic E-state index is 13.4. The minimum Gasteiger partial charge on any atom is -0.383 e. The summed E-state index contributed by atoms with van der Waals surface area (Å²) in [6.07, 6.45) is 0. The Hall–Kier alpha value is -1.54. The number of hydrogen-bond acceptors (Lipinski definition) is 5. The molecular weight excluding hydrogens is 324 g/mol. The van der Waals surface area contributed by atoms with Crippen molar-refractivity contribution in [3.8, 4) is 11.4 Å². The van der Waals surface area contributed by atoms with Crippen molar-refractivity contribution in [1.82, 2.24) is 10.1 Å². The van der Waals surface area contributed by atoms with Crippen LogP contribution in [0, 0.1) is 11.6 Å². The molecular formula is C11H10BrF2N3O2. The van der Waals surface area contributed by atoms with Gasteiger partial charge in [0, 0.05) is 19.2 Å². The van der Waals surface area contributed by atoms with Crippen LogP contribution in [0.4, 0.5) is 14.8 Å². The maximum absolute atomic E-state index is 13.4. The Bertz CT molecular complexity index is 577. The van der Waals surface area contributed by atoms with E-state index in [2.05, 4.69) is 31.4 Å². The first-order valence-electron chi connectivity index (χ1n) is 5.34. The lowest BCUT2D eigenvalue weighted by molar-refractivity contribution is 0.210. The van der Waals surface area contributed by atoms with Crippen LogP contribution in [0.15, 0.2) is 21.1 Å². The molecule has 0 saturated heterocycles. The van der Waals surface area contributed by atoms with Crippen LogP contribution in [0.5, 0.6) is 0 Å². The molecule has 1 N–H and O–H groups in total. The minimum absolute atomic E-state index is 0.0447. The Morgan fingerprint density at radius 3 is 2.95 bits per heavy atom. The molecule has 1 heterocycles. The lowest BCUT2D eigenvalue weighted by Crippen LogP contribution is -2.07. The van der Waals surface area contributed by atoms with E-state index < -0.39 is 11.6 Å². The van der Waals surface area contributed by atoms with E-state index in [1.54, 1.807) is 7.11 Å². The maximum Gasteiger partial charge on any atom is 0.321 e. The van der Waals surface area contributed by atoms with Gasteiger partial charge in [0.15, 0.2) is 11.6 Å². The first kappa shape index (κ1) is 13.9. The Morgan fingerprint density at radius 1 is 1.42 bits per heavy atom. The molecule has 2 aromatic rings. The smallest absolute Gasteiger partial charge is 0.321 e. The molecule has 1 aromatic heterocycles. The molecule has 0 radical (unpaired) electrons. The molecule has 0 fully saturated rings. The molecule has 0 amide bonds. The molecule has 5 nitrogen and oxygen atoms in total. The summed E-state index contributed by atoms with van der Waals surface area (Å²) in [6, 6.07) is 2.56. The second kappa shape index (κ2) is 6.07. The second-order valence-electron chi connectivity index (χ2n) is 3.57. The van der Waals surface area contributed by atoms with Crippen LogP contribution in [0.3, 0.4) is 0 Å². The predicted octanol–water partition coefficient (Wildman–Crippen LogP) is 2.84. The number of hydrogen-bond donors (Lipinski definition) is 1. The number of anilines is 1. The van der Waals surface area contributed by atoms with Crippen molar-refractivity contribution in [2.75, 3.05) is 25.6 Å². The minimum atomic E-state index is -0.990. The van der Waals surface area contributed by atoms with E-state index in [0.717, 1.165) is 6.07 Å². The zero-order chi connectivity index (χ0) is 13.8. The van der Waals surface area contributed by atoms with E-state index in [9.17, 15) is 8.78 Å². The highest BCUT2D eigenvalue weighted by Crippen LogP contribution is 2.30. The third-order valence-corrected chi connectivity index (χ3v) is 3.06. The lowest BCUT2D eigenvalue weighted by Gasteiger charge is -2.01. The number of benzene rings is 1. The van der Waals surface area contributed by atoms with Gasteiger partial charge in [-0.3, -0.25) is 0 Å². The fraction of sp³-hybridized carbons (Fsp3) is 0.273. The average molecular weight is 334 g/mol. The number of aromatic nitrogens is 2. The Balaban J connectivity index is 2.21. The summed E-state index contributed by atoms with van der Waals surface area (Å²) >= 11 is 2.96. The van der Waals surface area contributed by atoms with Crippen LogP contribution in [0.25, 0.3) is 11.4 Å². The normalized spacial score (nSPS) is 10.7. The van der Waals surface area contributed by atoms with Gasteiger partial charge in [0.2, 0.25) is 5.82 Å². The molecule has 1 aromatic carbocycles. The molecule has 0 aliphatic rings. The Labute approximate surface area is 116 Å². The highest BCUT2D eigenvalue weighted by molar-refractivity contribution is 9.10. The van der Waals surface area contributed by atoms with Crippen LogP contribution in [-0.4, -0.2) is 30.4 Å². The average Bonchev–Trinajstić information content (AvgIpc) is 2.85. The molecule has 8 heteroatoms. The van der Waals surface area contributed by atoms with E-state index in [4.69, 9.17) is 9.26 Å². The Morgan fingerprint density at radius 2 is 2.21 bits per heavy atom. The van der Waals surface area contributed by atoms with E-state index >= 15 is 0 Å². The number of halogens is 3. The van der Waals surface area contributed by atoms with Crippen molar-refractivity contribution in [2.45, 2.75) is 0 Å². The monoisotopic (exact) mass is 333 g/mol. The molecule has 0 aliphatic carbocycles. The van der Waals surface area contributed by atoms with E-state index in [1.165, 1.54) is 6.07 Å². The first-order valence-corrected chi connectivity index (χ1v) is 6.13. The number of nitrogens with zero attached hydrogens (tertiary/aromatic N) is 2. The molecule has 0 atom stereocenters. The zero-order valence-electron chi connectivity index (χ0n) is 9.91. The number of ether oxygens (including phenoxy) is 1. The molecule has 102 valence electrons. The molecule has 0 bridgehead atoms. The van der Waals surface area contributed by atoms with Gasteiger partial charge in [0.05, 0.1) is 11.1 Å². The van der Waals surface area contributed by atoms with Gasteiger partial charge in [-0.2, -0.15) is 4.98 Å². The molecule has 0 aliphatic heterocycles.